The lowest BCUT2D eigenvalue weighted by atomic mass is 10.1. The fourth-order valence-electron chi connectivity index (χ4n) is 2.86. The second-order valence-electron chi connectivity index (χ2n) is 7.12. The molecule has 0 spiro atoms. The van der Waals surface area contributed by atoms with E-state index in [1.165, 1.54) is 6.92 Å². The van der Waals surface area contributed by atoms with Crippen LogP contribution in [-0.4, -0.2) is 42.5 Å². The molecule has 1 aliphatic heterocycles. The van der Waals surface area contributed by atoms with Crippen LogP contribution >= 0.6 is 0 Å². The average molecular weight is 389 g/mol. The Kier molecular flexibility index (Phi) is 7.14. The summed E-state index contributed by atoms with van der Waals surface area (Å²) in [4.78, 5) is 49.7. The van der Waals surface area contributed by atoms with Crippen LogP contribution in [0.5, 0.6) is 0 Å². The number of nitrogens with one attached hydrogen (secondary N) is 2. The maximum Gasteiger partial charge on any atom is 0.321 e. The number of anilines is 1. The van der Waals surface area contributed by atoms with Crippen LogP contribution in [-0.2, 0) is 25.5 Å². The normalized spacial score (nSPS) is 17.4. The maximum atomic E-state index is 12.4. The molecule has 1 aromatic rings. The van der Waals surface area contributed by atoms with Gasteiger partial charge in [0.2, 0.25) is 5.91 Å². The van der Waals surface area contributed by atoms with Crippen LogP contribution < -0.4 is 15.5 Å². The first kappa shape index (κ1) is 21.4. The third-order valence-corrected chi connectivity index (χ3v) is 4.43. The molecular formula is C20H27N3O5. The van der Waals surface area contributed by atoms with Crippen molar-refractivity contribution in [3.8, 4) is 0 Å². The Balaban J connectivity index is 1.91. The van der Waals surface area contributed by atoms with E-state index in [0.29, 0.717) is 0 Å². The molecule has 1 aromatic carbocycles. The van der Waals surface area contributed by atoms with Crippen molar-refractivity contribution >= 4 is 29.5 Å². The summed E-state index contributed by atoms with van der Waals surface area (Å²) in [6, 6.07) is 6.82. The molecule has 0 aromatic heterocycles. The quantitative estimate of drug-likeness (QED) is 0.722. The molecule has 2 rings (SSSR count). The number of hydrogen-bond acceptors (Lipinski definition) is 5. The number of imide groups is 1. The zero-order valence-electron chi connectivity index (χ0n) is 16.7. The van der Waals surface area contributed by atoms with Gasteiger partial charge in [-0.15, -0.1) is 0 Å². The third-order valence-electron chi connectivity index (χ3n) is 4.43. The van der Waals surface area contributed by atoms with Crippen molar-refractivity contribution in [1.29, 1.82) is 0 Å². The molecule has 28 heavy (non-hydrogen) atoms. The van der Waals surface area contributed by atoms with Gasteiger partial charge in [0.05, 0.1) is 5.92 Å². The van der Waals surface area contributed by atoms with Crippen molar-refractivity contribution in [3.63, 3.8) is 0 Å². The van der Waals surface area contributed by atoms with E-state index < -0.39 is 29.9 Å². The fraction of sp³-hybridized carbons (Fsp3) is 0.500. The van der Waals surface area contributed by atoms with Gasteiger partial charge in [-0.25, -0.2) is 4.79 Å². The van der Waals surface area contributed by atoms with Crippen LogP contribution in [0.4, 0.5) is 10.5 Å². The molecule has 1 aliphatic rings. The molecule has 152 valence electrons. The van der Waals surface area contributed by atoms with Gasteiger partial charge in [0, 0.05) is 24.7 Å². The number of urea groups is 1. The van der Waals surface area contributed by atoms with Gasteiger partial charge in [0.25, 0.3) is 5.91 Å². The topological polar surface area (TPSA) is 105 Å². The van der Waals surface area contributed by atoms with Gasteiger partial charge >= 0.3 is 12.0 Å². The standard InChI is InChI=1S/C20H27N3O5/c1-5-14-6-8-16(9-7-14)23-11-15(10-17(23)24)19(26)28-13(4)18(25)22-20(27)21-12(2)3/h6-9,12-13,15H,5,10-11H2,1-4H3,(H2,21,22,25,27)/t13-,15-/m0/s1. The fourth-order valence-corrected chi connectivity index (χ4v) is 2.86. The zero-order chi connectivity index (χ0) is 20.8. The van der Waals surface area contributed by atoms with Crippen molar-refractivity contribution in [2.45, 2.75) is 52.7 Å². The Bertz CT molecular complexity index is 745. The predicted octanol–water partition coefficient (Wildman–Crippen LogP) is 1.77. The molecule has 1 heterocycles. The van der Waals surface area contributed by atoms with Gasteiger partial charge in [0.1, 0.15) is 0 Å². The Morgan fingerprint density at radius 2 is 1.82 bits per heavy atom. The maximum absolute atomic E-state index is 12.4. The second-order valence-corrected chi connectivity index (χ2v) is 7.12. The zero-order valence-corrected chi connectivity index (χ0v) is 16.7. The number of carbonyl (C=O) groups excluding carboxylic acids is 4. The Morgan fingerprint density at radius 3 is 2.39 bits per heavy atom. The monoisotopic (exact) mass is 389 g/mol. The number of hydrogen-bond donors (Lipinski definition) is 2. The van der Waals surface area contributed by atoms with E-state index in [1.54, 1.807) is 18.7 Å². The smallest absolute Gasteiger partial charge is 0.321 e. The SMILES string of the molecule is CCc1ccc(N2C[C@@H](C(=O)O[C@@H](C)C(=O)NC(=O)NC(C)C)CC2=O)cc1. The molecule has 1 fully saturated rings. The first-order chi connectivity index (χ1) is 13.2. The van der Waals surface area contributed by atoms with Crippen LogP contribution in [0.25, 0.3) is 0 Å². The molecule has 8 heteroatoms. The Hall–Kier alpha value is -2.90. The molecule has 1 saturated heterocycles. The van der Waals surface area contributed by atoms with Gasteiger partial charge in [-0.2, -0.15) is 0 Å². The molecule has 2 N–H and O–H groups in total. The van der Waals surface area contributed by atoms with Gasteiger partial charge in [-0.05, 0) is 44.9 Å². The number of esters is 1. The predicted molar refractivity (Wildman–Crippen MR) is 104 cm³/mol. The number of carbonyl (C=O) groups is 4. The number of rotatable bonds is 6. The molecule has 8 nitrogen and oxygen atoms in total. The van der Waals surface area contributed by atoms with Crippen LogP contribution in [0.2, 0.25) is 0 Å². The van der Waals surface area contributed by atoms with Crippen molar-refractivity contribution in [3.05, 3.63) is 29.8 Å². The van der Waals surface area contributed by atoms with Crippen molar-refractivity contribution in [2.24, 2.45) is 5.92 Å². The van der Waals surface area contributed by atoms with E-state index >= 15 is 0 Å². The minimum Gasteiger partial charge on any atom is -0.452 e. The Morgan fingerprint density at radius 1 is 1.18 bits per heavy atom. The van der Waals surface area contributed by atoms with Gasteiger partial charge in [-0.1, -0.05) is 19.1 Å². The first-order valence-electron chi connectivity index (χ1n) is 9.42. The highest BCUT2D eigenvalue weighted by Crippen LogP contribution is 2.26. The first-order valence-corrected chi connectivity index (χ1v) is 9.42. The largest absolute Gasteiger partial charge is 0.452 e. The molecule has 0 bridgehead atoms. The average Bonchev–Trinajstić information content (AvgIpc) is 3.02. The molecule has 0 radical (unpaired) electrons. The molecule has 2 atom stereocenters. The number of aryl methyl sites for hydroxylation is 1. The highest BCUT2D eigenvalue weighted by atomic mass is 16.5. The minimum atomic E-state index is -1.14. The van der Waals surface area contributed by atoms with E-state index in [-0.39, 0.29) is 24.9 Å². The summed E-state index contributed by atoms with van der Waals surface area (Å²) < 4.78 is 5.16. The van der Waals surface area contributed by atoms with Crippen LogP contribution in [0.1, 0.15) is 39.7 Å². The molecule has 0 unspecified atom stereocenters. The van der Waals surface area contributed by atoms with E-state index in [1.807, 2.05) is 31.2 Å². The highest BCUT2D eigenvalue weighted by molar-refractivity contribution is 6.00. The third kappa shape index (κ3) is 5.55. The van der Waals surface area contributed by atoms with Crippen molar-refractivity contribution in [1.82, 2.24) is 10.6 Å². The molecule has 0 saturated carbocycles. The molecule has 0 aliphatic carbocycles. The summed E-state index contributed by atoms with van der Waals surface area (Å²) in [5, 5.41) is 4.63. The Labute approximate surface area is 164 Å². The molecule has 4 amide bonds. The van der Waals surface area contributed by atoms with E-state index in [4.69, 9.17) is 4.74 Å². The number of ether oxygens (including phenoxy) is 1. The molecular weight excluding hydrogens is 362 g/mol. The lowest BCUT2D eigenvalue weighted by molar-refractivity contribution is -0.158. The lowest BCUT2D eigenvalue weighted by Gasteiger charge is -2.18. The van der Waals surface area contributed by atoms with Crippen molar-refractivity contribution < 1.29 is 23.9 Å². The highest BCUT2D eigenvalue weighted by Gasteiger charge is 2.37. The van der Waals surface area contributed by atoms with E-state index in [2.05, 4.69) is 10.6 Å². The minimum absolute atomic E-state index is 0.0243. The summed E-state index contributed by atoms with van der Waals surface area (Å²) in [7, 11) is 0. The number of nitrogens with zero attached hydrogens (tertiary/aromatic N) is 1. The summed E-state index contributed by atoms with van der Waals surface area (Å²) in [5.74, 6) is -2.17. The summed E-state index contributed by atoms with van der Waals surface area (Å²) in [5.41, 5.74) is 1.89. The van der Waals surface area contributed by atoms with Crippen molar-refractivity contribution in [2.75, 3.05) is 11.4 Å². The summed E-state index contributed by atoms with van der Waals surface area (Å²) in [6.45, 7) is 7.14. The van der Waals surface area contributed by atoms with E-state index in [9.17, 15) is 19.2 Å². The van der Waals surface area contributed by atoms with E-state index in [0.717, 1.165) is 17.7 Å². The summed E-state index contributed by atoms with van der Waals surface area (Å²) >= 11 is 0. The van der Waals surface area contributed by atoms with Gasteiger partial charge in [0.15, 0.2) is 6.10 Å². The van der Waals surface area contributed by atoms with Gasteiger partial charge < -0.3 is 15.0 Å². The summed E-state index contributed by atoms with van der Waals surface area (Å²) in [6.07, 6.45) is -0.215. The van der Waals surface area contributed by atoms with Gasteiger partial charge in [-0.3, -0.25) is 19.7 Å². The van der Waals surface area contributed by atoms with Crippen LogP contribution in [0.15, 0.2) is 24.3 Å². The number of amides is 4. The van der Waals surface area contributed by atoms with Crippen LogP contribution in [0, 0.1) is 5.92 Å². The second kappa shape index (κ2) is 9.34. The van der Waals surface area contributed by atoms with Crippen LogP contribution in [0.3, 0.4) is 0 Å². The number of benzene rings is 1. The lowest BCUT2D eigenvalue weighted by Crippen LogP contribution is -2.47.